The largest absolute Gasteiger partial charge is 0.454 e. The highest BCUT2D eigenvalue weighted by Gasteiger charge is 2.21. The van der Waals surface area contributed by atoms with E-state index in [-0.39, 0.29) is 24.2 Å². The number of Topliss-reactive ketones (excluding diaryl/α,β-unsaturated/α-hetero) is 1. The smallest absolute Gasteiger partial charge is 0.273 e. The number of aromatic nitrogens is 5. The molecule has 134 valence electrons. The van der Waals surface area contributed by atoms with Gasteiger partial charge < -0.3 is 20.6 Å². The van der Waals surface area contributed by atoms with Crippen molar-refractivity contribution in [3.8, 4) is 11.5 Å². The number of thioether (sulfide) groups is 1. The van der Waals surface area contributed by atoms with Gasteiger partial charge >= 0.3 is 0 Å². The molecule has 1 aliphatic heterocycles. The van der Waals surface area contributed by atoms with Gasteiger partial charge in [0.2, 0.25) is 17.9 Å². The van der Waals surface area contributed by atoms with Crippen molar-refractivity contribution in [1.29, 1.82) is 0 Å². The second kappa shape index (κ2) is 6.22. The second-order valence-electron chi connectivity index (χ2n) is 5.38. The maximum absolute atomic E-state index is 12.3. The van der Waals surface area contributed by atoms with Crippen LogP contribution in [0.5, 0.6) is 11.5 Å². The average molecular weight is 375 g/mol. The summed E-state index contributed by atoms with van der Waals surface area (Å²) >= 11 is 1.14. The molecule has 0 bridgehead atoms. The number of ether oxygens (including phenoxy) is 2. The molecule has 3 N–H and O–H groups in total. The SMILES string of the molecule is CC(=O)c1cc2c(cc1NC(=O)CSc1nnc3n(N)cnn13)OCO2. The predicted octanol–water partition coefficient (Wildman–Crippen LogP) is 0.302. The number of carbonyl (C=O) groups excluding carboxylic acids is 2. The molecule has 1 aliphatic rings. The van der Waals surface area contributed by atoms with Crippen molar-refractivity contribution in [1.82, 2.24) is 24.5 Å². The number of nitrogen functional groups attached to an aromatic ring is 1. The first kappa shape index (κ1) is 16.2. The summed E-state index contributed by atoms with van der Waals surface area (Å²) in [7, 11) is 0. The zero-order valence-corrected chi connectivity index (χ0v) is 14.3. The van der Waals surface area contributed by atoms with Crippen LogP contribution in [-0.2, 0) is 4.79 Å². The summed E-state index contributed by atoms with van der Waals surface area (Å²) < 4.78 is 13.2. The number of nitrogens with zero attached hydrogens (tertiary/aromatic N) is 5. The first-order chi connectivity index (χ1) is 12.5. The zero-order chi connectivity index (χ0) is 18.3. The Labute approximate surface area is 150 Å². The Morgan fingerprint density at radius 2 is 2.08 bits per heavy atom. The van der Waals surface area contributed by atoms with E-state index >= 15 is 0 Å². The molecule has 0 saturated carbocycles. The van der Waals surface area contributed by atoms with Gasteiger partial charge in [0, 0.05) is 11.6 Å². The van der Waals surface area contributed by atoms with Crippen molar-refractivity contribution in [3.63, 3.8) is 0 Å². The quantitative estimate of drug-likeness (QED) is 0.366. The van der Waals surface area contributed by atoms with Crippen LogP contribution in [0.1, 0.15) is 17.3 Å². The fourth-order valence-corrected chi connectivity index (χ4v) is 3.10. The number of hydrogen-bond acceptors (Lipinski definition) is 9. The standard InChI is InChI=1S/C14H13N7O4S/c1-7(22)8-2-10-11(25-6-24-10)3-9(8)17-12(23)4-26-14-19-18-13-20(15)5-16-21(13)14/h2-3,5H,4,6,15H2,1H3,(H,17,23). The molecule has 11 nitrogen and oxygen atoms in total. The number of carbonyl (C=O) groups is 2. The van der Waals surface area contributed by atoms with Crippen LogP contribution in [0.15, 0.2) is 23.6 Å². The molecular formula is C14H13N7O4S. The molecule has 0 atom stereocenters. The third-order valence-corrected chi connectivity index (χ3v) is 4.54. The van der Waals surface area contributed by atoms with Crippen molar-refractivity contribution in [2.75, 3.05) is 23.7 Å². The number of nitrogens with two attached hydrogens (primary N) is 1. The fourth-order valence-electron chi connectivity index (χ4n) is 2.42. The number of rotatable bonds is 5. The highest BCUT2D eigenvalue weighted by Crippen LogP contribution is 2.37. The summed E-state index contributed by atoms with van der Waals surface area (Å²) in [5, 5.41) is 15.0. The van der Waals surface area contributed by atoms with Crippen molar-refractivity contribution >= 4 is 34.9 Å². The molecule has 0 unspecified atom stereocenters. The molecule has 0 fully saturated rings. The van der Waals surface area contributed by atoms with Crippen LogP contribution >= 0.6 is 11.8 Å². The summed E-state index contributed by atoms with van der Waals surface area (Å²) in [6, 6.07) is 3.14. The molecule has 26 heavy (non-hydrogen) atoms. The molecule has 2 aromatic heterocycles. The predicted molar refractivity (Wildman–Crippen MR) is 90.8 cm³/mol. The summed E-state index contributed by atoms with van der Waals surface area (Å²) in [4.78, 5) is 24.1. The van der Waals surface area contributed by atoms with Gasteiger partial charge in [-0.15, -0.1) is 10.2 Å². The van der Waals surface area contributed by atoms with Crippen molar-refractivity contribution in [3.05, 3.63) is 24.0 Å². The number of nitrogens with one attached hydrogen (secondary N) is 1. The van der Waals surface area contributed by atoms with Gasteiger partial charge in [-0.3, -0.25) is 9.59 Å². The lowest BCUT2D eigenvalue weighted by Gasteiger charge is -2.10. The van der Waals surface area contributed by atoms with E-state index in [2.05, 4.69) is 20.6 Å². The van der Waals surface area contributed by atoms with Gasteiger partial charge in [-0.2, -0.15) is 9.61 Å². The lowest BCUT2D eigenvalue weighted by Crippen LogP contribution is -2.16. The Morgan fingerprint density at radius 3 is 2.85 bits per heavy atom. The maximum atomic E-state index is 12.3. The van der Waals surface area contributed by atoms with Gasteiger partial charge in [-0.1, -0.05) is 11.8 Å². The van der Waals surface area contributed by atoms with E-state index < -0.39 is 0 Å². The zero-order valence-electron chi connectivity index (χ0n) is 13.5. The fraction of sp³-hybridized carbons (Fsp3) is 0.214. The van der Waals surface area contributed by atoms with Crippen molar-refractivity contribution < 1.29 is 19.1 Å². The Morgan fingerprint density at radius 1 is 1.31 bits per heavy atom. The van der Waals surface area contributed by atoms with E-state index in [1.807, 2.05) is 0 Å². The third-order valence-electron chi connectivity index (χ3n) is 3.62. The molecule has 12 heteroatoms. The lowest BCUT2D eigenvalue weighted by atomic mass is 10.1. The van der Waals surface area contributed by atoms with Gasteiger partial charge in [0.1, 0.15) is 6.33 Å². The average Bonchev–Trinajstić information content (AvgIpc) is 3.30. The Bertz CT molecular complexity index is 1030. The molecule has 3 heterocycles. The van der Waals surface area contributed by atoms with Gasteiger partial charge in [0.05, 0.1) is 11.4 Å². The van der Waals surface area contributed by atoms with Crippen LogP contribution in [-0.4, -0.2) is 48.7 Å². The molecule has 1 aromatic carbocycles. The van der Waals surface area contributed by atoms with E-state index in [0.717, 1.165) is 11.8 Å². The summed E-state index contributed by atoms with van der Waals surface area (Å²) in [6.07, 6.45) is 1.39. The van der Waals surface area contributed by atoms with E-state index in [1.165, 1.54) is 22.4 Å². The molecule has 0 radical (unpaired) electrons. The maximum Gasteiger partial charge on any atom is 0.273 e. The van der Waals surface area contributed by atoms with Gasteiger partial charge in [0.25, 0.3) is 5.78 Å². The number of fused-ring (bicyclic) bond motifs is 2. The molecular weight excluding hydrogens is 362 g/mol. The van der Waals surface area contributed by atoms with Crippen LogP contribution < -0.4 is 20.6 Å². The number of amides is 1. The molecule has 4 rings (SSSR count). The monoisotopic (exact) mass is 375 g/mol. The highest BCUT2D eigenvalue weighted by molar-refractivity contribution is 7.99. The summed E-state index contributed by atoms with van der Waals surface area (Å²) in [6.45, 7) is 1.49. The Kier molecular flexibility index (Phi) is 3.88. The number of anilines is 1. The van der Waals surface area contributed by atoms with E-state index in [0.29, 0.717) is 33.7 Å². The number of ketones is 1. The van der Waals surface area contributed by atoms with Gasteiger partial charge in [-0.25, -0.2) is 4.68 Å². The third kappa shape index (κ3) is 2.79. The van der Waals surface area contributed by atoms with Crippen LogP contribution in [0.4, 0.5) is 5.69 Å². The molecule has 0 saturated heterocycles. The van der Waals surface area contributed by atoms with E-state index in [4.69, 9.17) is 15.3 Å². The highest BCUT2D eigenvalue weighted by atomic mass is 32.2. The number of benzene rings is 1. The van der Waals surface area contributed by atoms with Crippen molar-refractivity contribution in [2.45, 2.75) is 12.1 Å². The minimum absolute atomic E-state index is 0.0456. The molecule has 3 aromatic rings. The van der Waals surface area contributed by atoms with E-state index in [9.17, 15) is 9.59 Å². The van der Waals surface area contributed by atoms with Crippen LogP contribution in [0.2, 0.25) is 0 Å². The first-order valence-corrected chi connectivity index (χ1v) is 8.42. The summed E-state index contributed by atoms with van der Waals surface area (Å²) in [5.41, 5.74) is 0.712. The van der Waals surface area contributed by atoms with Crippen LogP contribution in [0.3, 0.4) is 0 Å². The second-order valence-corrected chi connectivity index (χ2v) is 6.32. The Balaban J connectivity index is 1.49. The van der Waals surface area contributed by atoms with Gasteiger partial charge in [-0.05, 0) is 13.0 Å². The minimum Gasteiger partial charge on any atom is -0.454 e. The normalized spacial score (nSPS) is 12.5. The molecule has 0 aliphatic carbocycles. The van der Waals surface area contributed by atoms with Crippen LogP contribution in [0.25, 0.3) is 5.78 Å². The van der Waals surface area contributed by atoms with E-state index in [1.54, 1.807) is 12.1 Å². The first-order valence-electron chi connectivity index (χ1n) is 7.44. The molecule has 0 spiro atoms. The van der Waals surface area contributed by atoms with Gasteiger partial charge in [0.15, 0.2) is 17.3 Å². The number of hydrogen-bond donors (Lipinski definition) is 2. The Hall–Kier alpha value is -3.28. The van der Waals surface area contributed by atoms with Crippen molar-refractivity contribution in [2.24, 2.45) is 0 Å². The summed E-state index contributed by atoms with van der Waals surface area (Å²) in [5.74, 6) is 6.48. The minimum atomic E-state index is -0.319. The van der Waals surface area contributed by atoms with Crippen LogP contribution in [0, 0.1) is 0 Å². The topological polar surface area (TPSA) is 139 Å². The molecule has 1 amide bonds. The lowest BCUT2D eigenvalue weighted by molar-refractivity contribution is -0.113.